The number of nitrogens with zero attached hydrogens (tertiary/aromatic N) is 4. The molecule has 4 N–H and O–H groups in total. The van der Waals surface area contributed by atoms with E-state index < -0.39 is 23.5 Å². The number of anilines is 2. The van der Waals surface area contributed by atoms with E-state index >= 15 is 4.39 Å². The van der Waals surface area contributed by atoms with Crippen LogP contribution in [-0.2, 0) is 16.6 Å². The van der Waals surface area contributed by atoms with E-state index in [0.717, 1.165) is 105 Å². The van der Waals surface area contributed by atoms with E-state index in [2.05, 4.69) is 86.2 Å². The van der Waals surface area contributed by atoms with E-state index in [1.807, 2.05) is 25.1 Å². The highest BCUT2D eigenvalue weighted by Crippen LogP contribution is 2.33. The van der Waals surface area contributed by atoms with Crippen molar-refractivity contribution in [1.82, 2.24) is 30.0 Å². The standard InChI is InChI=1S/C53H63FN8O4/c1-34-12-16-39(57-40-32-55-33-40)29-44(34)51(64)56-35(2)41-17-15-38(42-10-6-7-11-43(41)42)14-13-37-20-25-60(26-21-37)24-8-4-5-9-36-22-27-61(28-23-36)47-31-48-49(30-45(47)54)62(53(66)59(48)3)46-18-19-50(63)58-52(46)65/h6-7,10-12,15-17,29-31,35-37,40,46,55,57H,4-5,8-9,18-28,32-33H2,1-3H3,(H,56,64)(H,58,63,65). The molecule has 5 heterocycles. The molecule has 346 valence electrons. The molecule has 66 heavy (non-hydrogen) atoms. The van der Waals surface area contributed by atoms with Gasteiger partial charge in [-0.05, 0) is 124 Å². The molecule has 13 heteroatoms. The minimum Gasteiger partial charge on any atom is -0.380 e. The fourth-order valence-electron chi connectivity index (χ4n) is 10.5. The summed E-state index contributed by atoms with van der Waals surface area (Å²) in [5.41, 5.74) is 5.77. The number of likely N-dealkylation sites (tertiary alicyclic amines) is 1. The molecule has 9 rings (SSSR count). The number of aromatic nitrogens is 2. The van der Waals surface area contributed by atoms with Gasteiger partial charge < -0.3 is 25.8 Å². The van der Waals surface area contributed by atoms with Crippen LogP contribution >= 0.6 is 0 Å². The molecule has 0 spiro atoms. The van der Waals surface area contributed by atoms with E-state index in [1.165, 1.54) is 40.9 Å². The molecule has 0 bridgehead atoms. The Hall–Kier alpha value is -5.97. The average molecular weight is 895 g/mol. The monoisotopic (exact) mass is 894 g/mol. The van der Waals surface area contributed by atoms with Crippen molar-refractivity contribution in [2.45, 2.75) is 96.2 Å². The number of piperidine rings is 3. The maximum atomic E-state index is 15.7. The summed E-state index contributed by atoms with van der Waals surface area (Å²) in [6.45, 7) is 10.7. The highest BCUT2D eigenvalue weighted by Gasteiger charge is 2.32. The van der Waals surface area contributed by atoms with Crippen LogP contribution in [0.1, 0.15) is 110 Å². The van der Waals surface area contributed by atoms with Crippen molar-refractivity contribution in [3.63, 3.8) is 0 Å². The van der Waals surface area contributed by atoms with Gasteiger partial charge in [-0.1, -0.05) is 67.5 Å². The number of imide groups is 1. The number of aryl methyl sites for hydroxylation is 2. The zero-order valence-electron chi connectivity index (χ0n) is 38.6. The molecule has 1 aromatic heterocycles. The number of fused-ring (bicyclic) bond motifs is 2. The lowest BCUT2D eigenvalue weighted by Crippen LogP contribution is -2.51. The van der Waals surface area contributed by atoms with Gasteiger partial charge in [0.15, 0.2) is 0 Å². The highest BCUT2D eigenvalue weighted by atomic mass is 19.1. The third kappa shape index (κ3) is 9.76. The predicted molar refractivity (Wildman–Crippen MR) is 259 cm³/mol. The Balaban J connectivity index is 0.708. The van der Waals surface area contributed by atoms with Gasteiger partial charge in [0.1, 0.15) is 11.9 Å². The summed E-state index contributed by atoms with van der Waals surface area (Å²) >= 11 is 0. The number of halogens is 1. The zero-order valence-corrected chi connectivity index (χ0v) is 38.6. The van der Waals surface area contributed by atoms with Gasteiger partial charge >= 0.3 is 5.69 Å². The second-order valence-electron chi connectivity index (χ2n) is 19.1. The van der Waals surface area contributed by atoms with Crippen LogP contribution < -0.4 is 31.9 Å². The van der Waals surface area contributed by atoms with Crippen LogP contribution in [0.3, 0.4) is 0 Å². The van der Waals surface area contributed by atoms with Gasteiger partial charge in [0, 0.05) is 68.4 Å². The van der Waals surface area contributed by atoms with Gasteiger partial charge in [-0.3, -0.25) is 28.8 Å². The molecule has 0 saturated carbocycles. The number of nitrogens with one attached hydrogen (secondary N) is 4. The second-order valence-corrected chi connectivity index (χ2v) is 19.1. The molecule has 12 nitrogen and oxygen atoms in total. The first-order valence-electron chi connectivity index (χ1n) is 24.1. The molecule has 0 aliphatic carbocycles. The van der Waals surface area contributed by atoms with Crippen LogP contribution in [0.4, 0.5) is 15.8 Å². The van der Waals surface area contributed by atoms with Crippen LogP contribution in [-0.4, -0.2) is 83.6 Å². The first-order chi connectivity index (χ1) is 32.0. The lowest BCUT2D eigenvalue weighted by molar-refractivity contribution is -0.135. The Labute approximate surface area is 386 Å². The van der Waals surface area contributed by atoms with Crippen molar-refractivity contribution in [2.24, 2.45) is 18.9 Å². The summed E-state index contributed by atoms with van der Waals surface area (Å²) in [5.74, 6) is 6.81. The molecule has 4 aliphatic heterocycles. The molecule has 2 unspecified atom stereocenters. The summed E-state index contributed by atoms with van der Waals surface area (Å²) in [6, 6.07) is 21.1. The van der Waals surface area contributed by atoms with Crippen molar-refractivity contribution >= 4 is 50.9 Å². The van der Waals surface area contributed by atoms with Crippen molar-refractivity contribution in [3.05, 3.63) is 105 Å². The molecule has 4 fully saturated rings. The molecule has 4 aliphatic rings. The molecule has 2 atom stereocenters. The lowest BCUT2D eigenvalue weighted by Gasteiger charge is -2.34. The molecule has 0 radical (unpaired) electrons. The van der Waals surface area contributed by atoms with E-state index in [1.54, 1.807) is 13.1 Å². The van der Waals surface area contributed by atoms with Crippen LogP contribution in [0.15, 0.2) is 71.5 Å². The van der Waals surface area contributed by atoms with Crippen LogP contribution in [0.5, 0.6) is 0 Å². The lowest BCUT2D eigenvalue weighted by atomic mass is 9.91. The Morgan fingerprint density at radius 3 is 2.39 bits per heavy atom. The SMILES string of the molecule is Cc1ccc(NC2CNC2)cc1C(=O)NC(C)c1ccc(C#CC2CCN(CCCCCC3CCN(c4cc5c(cc4F)n(C4CCC(=O)NC4=O)c(=O)n5C)CC3)CC2)c2ccccc12. The van der Waals surface area contributed by atoms with E-state index in [0.29, 0.717) is 40.2 Å². The van der Waals surface area contributed by atoms with E-state index in [4.69, 9.17) is 0 Å². The fraction of sp³-hybridized carbons (Fsp3) is 0.472. The Morgan fingerprint density at radius 2 is 1.65 bits per heavy atom. The Morgan fingerprint density at radius 1 is 0.879 bits per heavy atom. The van der Waals surface area contributed by atoms with Crippen molar-refractivity contribution in [3.8, 4) is 11.8 Å². The Bertz CT molecular complexity index is 2750. The topological polar surface area (TPSA) is 133 Å². The molecular weight excluding hydrogens is 832 g/mol. The highest BCUT2D eigenvalue weighted by molar-refractivity contribution is 6.00. The first kappa shape index (κ1) is 45.2. The smallest absolute Gasteiger partial charge is 0.329 e. The number of hydrogen-bond donors (Lipinski definition) is 4. The summed E-state index contributed by atoms with van der Waals surface area (Å²) < 4.78 is 18.5. The molecule has 4 saturated heterocycles. The van der Waals surface area contributed by atoms with Gasteiger partial charge in [0.05, 0.1) is 28.8 Å². The van der Waals surface area contributed by atoms with Crippen molar-refractivity contribution < 1.29 is 18.8 Å². The largest absolute Gasteiger partial charge is 0.380 e. The summed E-state index contributed by atoms with van der Waals surface area (Å²) in [6.07, 6.45) is 9.30. The van der Waals surface area contributed by atoms with Gasteiger partial charge in [-0.25, -0.2) is 9.18 Å². The maximum absolute atomic E-state index is 15.7. The number of benzene rings is 4. The second kappa shape index (κ2) is 19.9. The van der Waals surface area contributed by atoms with Crippen LogP contribution in [0, 0.1) is 36.4 Å². The average Bonchev–Trinajstić information content (AvgIpc) is 3.54. The van der Waals surface area contributed by atoms with E-state index in [-0.39, 0.29) is 30.7 Å². The minimum absolute atomic E-state index is 0.0742. The number of rotatable bonds is 13. The number of carbonyl (C=O) groups excluding carboxylic acids is 3. The number of unbranched alkanes of at least 4 members (excludes halogenated alkanes) is 2. The van der Waals surface area contributed by atoms with Crippen molar-refractivity contribution in [2.75, 3.05) is 56.0 Å². The molecule has 5 aromatic rings. The van der Waals surface area contributed by atoms with Gasteiger partial charge in [-0.2, -0.15) is 0 Å². The molecule has 3 amide bonds. The minimum atomic E-state index is -0.841. The van der Waals surface area contributed by atoms with E-state index in [9.17, 15) is 19.2 Å². The molecular formula is C53H63FN8O4. The number of imidazole rings is 1. The fourth-order valence-corrected chi connectivity index (χ4v) is 10.5. The first-order valence-corrected chi connectivity index (χ1v) is 24.1. The third-order valence-corrected chi connectivity index (χ3v) is 14.6. The Kier molecular flexibility index (Phi) is 13.6. The number of amides is 3. The van der Waals surface area contributed by atoms with Crippen LogP contribution in [0.2, 0.25) is 0 Å². The summed E-state index contributed by atoms with van der Waals surface area (Å²) in [4.78, 5) is 55.7. The van der Waals surface area contributed by atoms with Gasteiger partial charge in [-0.15, -0.1) is 0 Å². The van der Waals surface area contributed by atoms with Crippen molar-refractivity contribution in [1.29, 1.82) is 0 Å². The third-order valence-electron chi connectivity index (χ3n) is 14.6. The predicted octanol–water partition coefficient (Wildman–Crippen LogP) is 7.33. The van der Waals surface area contributed by atoms with Gasteiger partial charge in [0.2, 0.25) is 11.8 Å². The summed E-state index contributed by atoms with van der Waals surface area (Å²) in [5, 5.41) is 14.6. The molecule has 4 aromatic carbocycles. The summed E-state index contributed by atoms with van der Waals surface area (Å²) in [7, 11) is 1.64. The normalized spacial score (nSPS) is 19.3. The number of hydrogen-bond acceptors (Lipinski definition) is 8. The number of carbonyl (C=O) groups is 3. The maximum Gasteiger partial charge on any atom is 0.329 e. The zero-order chi connectivity index (χ0) is 45.9. The quantitative estimate of drug-likeness (QED) is 0.0549. The van der Waals surface area contributed by atoms with Crippen LogP contribution in [0.25, 0.3) is 21.8 Å². The van der Waals surface area contributed by atoms with Gasteiger partial charge in [0.25, 0.3) is 5.91 Å².